The Balaban J connectivity index is 1.55. The smallest absolute Gasteiger partial charge is 0.247 e. The van der Waals surface area contributed by atoms with Crippen LogP contribution in [0.1, 0.15) is 18.9 Å². The van der Waals surface area contributed by atoms with Gasteiger partial charge in [0.1, 0.15) is 11.0 Å². The van der Waals surface area contributed by atoms with Crippen LogP contribution in [0.2, 0.25) is 0 Å². The zero-order valence-corrected chi connectivity index (χ0v) is 16.6. The van der Waals surface area contributed by atoms with E-state index in [1.54, 1.807) is 6.07 Å². The summed E-state index contributed by atoms with van der Waals surface area (Å²) in [7, 11) is 0. The third-order valence-corrected chi connectivity index (χ3v) is 6.56. The van der Waals surface area contributed by atoms with E-state index >= 15 is 0 Å². The molecule has 2 heterocycles. The number of imide groups is 1. The van der Waals surface area contributed by atoms with Crippen LogP contribution >= 0.6 is 23.1 Å². The number of nitrogens with zero attached hydrogens (tertiary/aromatic N) is 2. The molecule has 0 bridgehead atoms. The van der Waals surface area contributed by atoms with Crippen molar-refractivity contribution in [1.29, 1.82) is 0 Å². The second-order valence-electron chi connectivity index (χ2n) is 6.26. The van der Waals surface area contributed by atoms with E-state index in [1.165, 1.54) is 28.0 Å². The summed E-state index contributed by atoms with van der Waals surface area (Å²) in [6.45, 7) is 4.50. The van der Waals surface area contributed by atoms with E-state index in [-0.39, 0.29) is 18.2 Å². The SMILES string of the molecule is CCOc1ccc2nc(SC3CC(=O)N(c4cccc(C)c4)C3=O)sc2c1. The molecule has 0 saturated carbocycles. The first-order chi connectivity index (χ1) is 13.0. The van der Waals surface area contributed by atoms with Gasteiger partial charge < -0.3 is 4.74 Å². The zero-order chi connectivity index (χ0) is 19.0. The lowest BCUT2D eigenvalue weighted by Gasteiger charge is -2.15. The van der Waals surface area contributed by atoms with Crippen molar-refractivity contribution in [2.75, 3.05) is 11.5 Å². The van der Waals surface area contributed by atoms with Crippen LogP contribution in [0.15, 0.2) is 46.8 Å². The van der Waals surface area contributed by atoms with Crippen molar-refractivity contribution in [2.24, 2.45) is 0 Å². The largest absolute Gasteiger partial charge is 0.494 e. The Labute approximate surface area is 165 Å². The molecule has 0 radical (unpaired) electrons. The first-order valence-corrected chi connectivity index (χ1v) is 10.4. The van der Waals surface area contributed by atoms with Gasteiger partial charge in [0.25, 0.3) is 0 Å². The molecule has 1 atom stereocenters. The van der Waals surface area contributed by atoms with E-state index in [4.69, 9.17) is 4.74 Å². The van der Waals surface area contributed by atoms with Gasteiger partial charge in [-0.2, -0.15) is 0 Å². The normalized spacial score (nSPS) is 17.1. The monoisotopic (exact) mass is 398 g/mol. The third kappa shape index (κ3) is 3.57. The number of carbonyl (C=O) groups excluding carboxylic acids is 2. The Morgan fingerprint density at radius 1 is 1.26 bits per heavy atom. The van der Waals surface area contributed by atoms with Gasteiger partial charge in [-0.25, -0.2) is 9.88 Å². The summed E-state index contributed by atoms with van der Waals surface area (Å²) in [4.78, 5) is 31.2. The second-order valence-corrected chi connectivity index (χ2v) is 8.74. The molecule has 2 aromatic carbocycles. The molecule has 27 heavy (non-hydrogen) atoms. The molecular weight excluding hydrogens is 380 g/mol. The molecule has 1 fully saturated rings. The summed E-state index contributed by atoms with van der Waals surface area (Å²) < 4.78 is 7.32. The van der Waals surface area contributed by atoms with E-state index in [2.05, 4.69) is 4.98 Å². The highest BCUT2D eigenvalue weighted by Crippen LogP contribution is 2.38. The molecule has 1 aliphatic heterocycles. The Morgan fingerprint density at radius 3 is 2.89 bits per heavy atom. The third-order valence-electron chi connectivity index (χ3n) is 4.26. The van der Waals surface area contributed by atoms with Crippen LogP contribution in [-0.2, 0) is 9.59 Å². The van der Waals surface area contributed by atoms with Crippen molar-refractivity contribution >= 4 is 50.8 Å². The Bertz CT molecular complexity index is 1030. The summed E-state index contributed by atoms with van der Waals surface area (Å²) in [5.74, 6) is 0.468. The molecular formula is C20H18N2O3S2. The van der Waals surface area contributed by atoms with Gasteiger partial charge in [0.15, 0.2) is 4.34 Å². The molecule has 1 unspecified atom stereocenters. The van der Waals surface area contributed by atoms with Crippen molar-refractivity contribution < 1.29 is 14.3 Å². The minimum absolute atomic E-state index is 0.164. The second kappa shape index (κ2) is 7.32. The van der Waals surface area contributed by atoms with Gasteiger partial charge in [0.2, 0.25) is 11.8 Å². The van der Waals surface area contributed by atoms with Crippen LogP contribution in [0.3, 0.4) is 0 Å². The first kappa shape index (κ1) is 18.0. The van der Waals surface area contributed by atoms with Crippen LogP contribution < -0.4 is 9.64 Å². The standard InChI is InChI=1S/C20H18N2O3S2/c1-3-25-14-7-8-15-16(10-14)26-20(21-15)27-17-11-18(23)22(19(17)24)13-6-4-5-12(2)9-13/h4-10,17H,3,11H2,1-2H3. The predicted octanol–water partition coefficient (Wildman–Crippen LogP) is 4.43. The fourth-order valence-corrected chi connectivity index (χ4v) is 5.41. The predicted molar refractivity (Wildman–Crippen MR) is 109 cm³/mol. The van der Waals surface area contributed by atoms with Gasteiger partial charge in [-0.15, -0.1) is 11.3 Å². The fraction of sp³-hybridized carbons (Fsp3) is 0.250. The van der Waals surface area contributed by atoms with Gasteiger partial charge in [-0.05, 0) is 49.7 Å². The minimum Gasteiger partial charge on any atom is -0.494 e. The highest BCUT2D eigenvalue weighted by atomic mass is 32.2. The van der Waals surface area contributed by atoms with Crippen molar-refractivity contribution in [1.82, 2.24) is 4.98 Å². The topological polar surface area (TPSA) is 59.5 Å². The van der Waals surface area contributed by atoms with Crippen molar-refractivity contribution in [2.45, 2.75) is 29.9 Å². The lowest BCUT2D eigenvalue weighted by atomic mass is 10.2. The average molecular weight is 399 g/mol. The van der Waals surface area contributed by atoms with Gasteiger partial charge in [0.05, 0.1) is 22.5 Å². The maximum atomic E-state index is 12.8. The number of amides is 2. The van der Waals surface area contributed by atoms with Crippen LogP contribution in [0.4, 0.5) is 5.69 Å². The van der Waals surface area contributed by atoms with E-state index in [0.717, 1.165) is 25.9 Å². The highest BCUT2D eigenvalue weighted by molar-refractivity contribution is 8.02. The van der Waals surface area contributed by atoms with Crippen molar-refractivity contribution in [3.8, 4) is 5.75 Å². The first-order valence-electron chi connectivity index (χ1n) is 8.68. The Morgan fingerprint density at radius 2 is 2.11 bits per heavy atom. The molecule has 1 aliphatic rings. The number of carbonyl (C=O) groups is 2. The summed E-state index contributed by atoms with van der Waals surface area (Å²) in [5.41, 5.74) is 2.53. The van der Waals surface area contributed by atoms with Crippen LogP contribution in [-0.4, -0.2) is 28.7 Å². The molecule has 7 heteroatoms. The number of fused-ring (bicyclic) bond motifs is 1. The number of ether oxygens (including phenoxy) is 1. The number of benzene rings is 2. The summed E-state index contributed by atoms with van der Waals surface area (Å²) in [5, 5.41) is -0.440. The quantitative estimate of drug-likeness (QED) is 0.595. The Kier molecular flexibility index (Phi) is 4.88. The molecule has 1 aromatic heterocycles. The zero-order valence-electron chi connectivity index (χ0n) is 15.0. The molecule has 0 aliphatic carbocycles. The molecule has 5 nitrogen and oxygen atoms in total. The number of hydrogen-bond acceptors (Lipinski definition) is 6. The van der Waals surface area contributed by atoms with Crippen molar-refractivity contribution in [3.05, 3.63) is 48.0 Å². The number of aromatic nitrogens is 1. The molecule has 0 spiro atoms. The molecule has 0 N–H and O–H groups in total. The molecule has 2 amide bonds. The molecule has 1 saturated heterocycles. The number of hydrogen-bond donors (Lipinski definition) is 0. The van der Waals surface area contributed by atoms with Crippen LogP contribution in [0.5, 0.6) is 5.75 Å². The average Bonchev–Trinajstić information content (AvgIpc) is 3.15. The number of aryl methyl sites for hydroxylation is 1. The molecule has 3 aromatic rings. The number of thiazole rings is 1. The van der Waals surface area contributed by atoms with Crippen molar-refractivity contribution in [3.63, 3.8) is 0 Å². The maximum absolute atomic E-state index is 12.8. The summed E-state index contributed by atoms with van der Waals surface area (Å²) >= 11 is 2.88. The fourth-order valence-electron chi connectivity index (χ4n) is 3.05. The van der Waals surface area contributed by atoms with Crippen LogP contribution in [0.25, 0.3) is 10.2 Å². The lowest BCUT2D eigenvalue weighted by molar-refractivity contribution is -0.121. The Hall–Kier alpha value is -2.38. The van der Waals surface area contributed by atoms with Gasteiger partial charge in [-0.3, -0.25) is 9.59 Å². The van der Waals surface area contributed by atoms with Gasteiger partial charge in [0, 0.05) is 6.42 Å². The van der Waals surface area contributed by atoms with Crippen LogP contribution in [0, 0.1) is 6.92 Å². The highest BCUT2D eigenvalue weighted by Gasteiger charge is 2.40. The molecule has 4 rings (SSSR count). The van der Waals surface area contributed by atoms with E-state index in [0.29, 0.717) is 12.3 Å². The number of rotatable bonds is 5. The minimum atomic E-state index is -0.440. The molecule has 138 valence electrons. The maximum Gasteiger partial charge on any atom is 0.247 e. The lowest BCUT2D eigenvalue weighted by Crippen LogP contribution is -2.31. The summed E-state index contributed by atoms with van der Waals surface area (Å²) in [6, 6.07) is 13.2. The van der Waals surface area contributed by atoms with E-state index in [1.807, 2.05) is 50.2 Å². The van der Waals surface area contributed by atoms with E-state index in [9.17, 15) is 9.59 Å². The summed E-state index contributed by atoms with van der Waals surface area (Å²) in [6.07, 6.45) is 0.192. The number of anilines is 1. The van der Waals surface area contributed by atoms with Gasteiger partial charge >= 0.3 is 0 Å². The van der Waals surface area contributed by atoms with E-state index < -0.39 is 5.25 Å². The number of thioether (sulfide) groups is 1. The van der Waals surface area contributed by atoms with Gasteiger partial charge in [-0.1, -0.05) is 23.9 Å².